The summed E-state index contributed by atoms with van der Waals surface area (Å²) in [4.78, 5) is 28.5. The predicted molar refractivity (Wildman–Crippen MR) is 179 cm³/mol. The van der Waals surface area contributed by atoms with Gasteiger partial charge in [-0.3, -0.25) is 14.5 Å². The number of para-hydroxylation sites is 1. The Kier molecular flexibility index (Phi) is 8.24. The second-order valence-electron chi connectivity index (χ2n) is 11.2. The molecule has 5 aromatic rings. The van der Waals surface area contributed by atoms with Crippen LogP contribution in [0.15, 0.2) is 120 Å². The van der Waals surface area contributed by atoms with Crippen LogP contribution in [-0.4, -0.2) is 33.3 Å². The van der Waals surface area contributed by atoms with Crippen molar-refractivity contribution in [1.82, 2.24) is 14.7 Å². The normalized spacial score (nSPS) is 14.9. The van der Waals surface area contributed by atoms with Crippen LogP contribution in [0, 0.1) is 11.3 Å². The highest BCUT2D eigenvalue weighted by molar-refractivity contribution is 6.30. The molecular weight excluding hydrogens is 628 g/mol. The van der Waals surface area contributed by atoms with Crippen molar-refractivity contribution in [1.29, 1.82) is 5.26 Å². The average Bonchev–Trinajstić information content (AvgIpc) is 3.76. The molecule has 48 heavy (non-hydrogen) atoms. The van der Waals surface area contributed by atoms with E-state index in [0.717, 1.165) is 21.7 Å². The fraction of sp³-hybridized carbons (Fsp3) is 0.105. The maximum atomic E-state index is 14.0. The molecule has 236 valence electrons. The van der Waals surface area contributed by atoms with Crippen LogP contribution in [0.4, 0.5) is 0 Å². The van der Waals surface area contributed by atoms with Crippen LogP contribution in [-0.2, 0) is 22.7 Å². The van der Waals surface area contributed by atoms with Gasteiger partial charge < -0.3 is 14.2 Å². The molecule has 9 nitrogen and oxygen atoms in total. The minimum atomic E-state index is -0.649. The summed E-state index contributed by atoms with van der Waals surface area (Å²) in [6, 6.07) is 31.8. The number of nitrogens with zero attached hydrogens (tertiary/aromatic N) is 4. The molecule has 4 aromatic carbocycles. The molecule has 2 aliphatic rings. The molecule has 2 aliphatic heterocycles. The number of carbonyl (C=O) groups excluding carboxylic acids is 2. The molecular formula is C38H27ClN4O5. The highest BCUT2D eigenvalue weighted by atomic mass is 35.5. The fourth-order valence-corrected chi connectivity index (χ4v) is 5.66. The molecule has 0 bridgehead atoms. The molecule has 0 N–H and O–H groups in total. The third kappa shape index (κ3) is 6.05. The summed E-state index contributed by atoms with van der Waals surface area (Å²) in [6.07, 6.45) is 3.52. The van der Waals surface area contributed by atoms with Crippen LogP contribution in [0.25, 0.3) is 23.0 Å². The first-order valence-corrected chi connectivity index (χ1v) is 15.5. The molecule has 10 heteroatoms. The summed E-state index contributed by atoms with van der Waals surface area (Å²) in [5, 5.41) is 15.5. The van der Waals surface area contributed by atoms with Crippen LogP contribution >= 0.6 is 11.6 Å². The van der Waals surface area contributed by atoms with Crippen molar-refractivity contribution in [2.75, 3.05) is 6.79 Å². The van der Waals surface area contributed by atoms with Crippen LogP contribution in [0.5, 0.6) is 17.2 Å². The zero-order valence-corrected chi connectivity index (χ0v) is 26.5. The number of rotatable bonds is 8. The number of aromatic nitrogens is 2. The van der Waals surface area contributed by atoms with Crippen LogP contribution in [0.1, 0.15) is 23.6 Å². The van der Waals surface area contributed by atoms with Gasteiger partial charge in [0.25, 0.3) is 11.8 Å². The Balaban J connectivity index is 1.24. The number of nitriles is 1. The Morgan fingerprint density at radius 1 is 0.917 bits per heavy atom. The molecule has 1 aromatic heterocycles. The number of carbonyl (C=O) groups is 2. The SMILES string of the molecule is CC1=C(C#N)C(=O)N(Cc2ccc3c(c2)OCO3)C(=O)/C1=C/c1cn(-c2ccccc2)nc1-c1ccc(OCc2ccc(Cl)cc2)cc1. The predicted octanol–water partition coefficient (Wildman–Crippen LogP) is 7.29. The minimum absolute atomic E-state index is 0.0439. The maximum Gasteiger partial charge on any atom is 0.271 e. The Morgan fingerprint density at radius 3 is 2.40 bits per heavy atom. The number of fused-ring (bicyclic) bond motifs is 1. The quantitative estimate of drug-likeness (QED) is 0.128. The van der Waals surface area contributed by atoms with Gasteiger partial charge in [0.15, 0.2) is 11.5 Å². The first kappa shape index (κ1) is 30.5. The first-order valence-electron chi connectivity index (χ1n) is 15.1. The Bertz CT molecular complexity index is 2150. The highest BCUT2D eigenvalue weighted by Crippen LogP contribution is 2.35. The van der Waals surface area contributed by atoms with Crippen LogP contribution in [0.2, 0.25) is 5.02 Å². The van der Waals surface area contributed by atoms with E-state index in [4.69, 9.17) is 30.9 Å². The molecule has 0 spiro atoms. The number of hydrogen-bond donors (Lipinski definition) is 0. The van der Waals surface area contributed by atoms with E-state index < -0.39 is 11.8 Å². The second-order valence-corrected chi connectivity index (χ2v) is 11.6. The molecule has 3 heterocycles. The van der Waals surface area contributed by atoms with E-state index in [1.807, 2.05) is 91.1 Å². The highest BCUT2D eigenvalue weighted by Gasteiger charge is 2.36. The minimum Gasteiger partial charge on any atom is -0.489 e. The molecule has 0 radical (unpaired) electrons. The van der Waals surface area contributed by atoms with E-state index >= 15 is 0 Å². The number of halogens is 1. The van der Waals surface area contributed by atoms with E-state index in [-0.39, 0.29) is 24.5 Å². The maximum absolute atomic E-state index is 14.0. The molecule has 0 saturated heterocycles. The van der Waals surface area contributed by atoms with Crippen molar-refractivity contribution < 1.29 is 23.8 Å². The molecule has 0 fully saturated rings. The van der Waals surface area contributed by atoms with E-state index in [9.17, 15) is 14.9 Å². The third-order valence-electron chi connectivity index (χ3n) is 8.11. The van der Waals surface area contributed by atoms with Gasteiger partial charge in [-0.05, 0) is 90.4 Å². The summed E-state index contributed by atoms with van der Waals surface area (Å²) in [7, 11) is 0. The first-order chi connectivity index (χ1) is 23.4. The zero-order valence-electron chi connectivity index (χ0n) is 25.7. The lowest BCUT2D eigenvalue weighted by molar-refractivity contribution is -0.141. The molecule has 0 atom stereocenters. The average molecular weight is 655 g/mol. The Hall–Kier alpha value is -6.11. The summed E-state index contributed by atoms with van der Waals surface area (Å²) >= 11 is 6.00. The van der Waals surface area contributed by atoms with Gasteiger partial charge >= 0.3 is 0 Å². The van der Waals surface area contributed by atoms with Gasteiger partial charge in [-0.25, -0.2) is 4.68 Å². The number of amides is 2. The van der Waals surface area contributed by atoms with Crippen molar-refractivity contribution in [3.8, 4) is 40.3 Å². The molecule has 2 amide bonds. The van der Waals surface area contributed by atoms with E-state index in [1.165, 1.54) is 0 Å². The largest absolute Gasteiger partial charge is 0.489 e. The Morgan fingerprint density at radius 2 is 1.65 bits per heavy atom. The number of ether oxygens (including phenoxy) is 3. The van der Waals surface area contributed by atoms with Crippen molar-refractivity contribution >= 4 is 29.5 Å². The lowest BCUT2D eigenvalue weighted by atomic mass is 9.93. The van der Waals surface area contributed by atoms with Gasteiger partial charge in [0.05, 0.1) is 17.9 Å². The molecule has 0 unspecified atom stereocenters. The second kappa shape index (κ2) is 12.9. The van der Waals surface area contributed by atoms with Crippen LogP contribution < -0.4 is 14.2 Å². The fourth-order valence-electron chi connectivity index (χ4n) is 5.54. The van der Waals surface area contributed by atoms with Crippen LogP contribution in [0.3, 0.4) is 0 Å². The Labute approximate surface area is 281 Å². The van der Waals surface area contributed by atoms with Gasteiger partial charge in [0.1, 0.15) is 24.0 Å². The monoisotopic (exact) mass is 654 g/mol. The summed E-state index contributed by atoms with van der Waals surface area (Å²) < 4.78 is 18.6. The van der Waals surface area contributed by atoms with Gasteiger partial charge in [-0.15, -0.1) is 0 Å². The molecule has 7 rings (SSSR count). The third-order valence-corrected chi connectivity index (χ3v) is 8.36. The van der Waals surface area contributed by atoms with Crippen molar-refractivity contribution in [2.45, 2.75) is 20.1 Å². The summed E-state index contributed by atoms with van der Waals surface area (Å²) in [6.45, 7) is 2.06. The number of benzene rings is 4. The van der Waals surface area contributed by atoms with Crippen molar-refractivity contribution in [2.24, 2.45) is 0 Å². The van der Waals surface area contributed by atoms with E-state index in [1.54, 1.807) is 35.9 Å². The summed E-state index contributed by atoms with van der Waals surface area (Å²) in [5.74, 6) is 0.636. The van der Waals surface area contributed by atoms with Crippen molar-refractivity contribution in [3.05, 3.63) is 142 Å². The van der Waals surface area contributed by atoms with Gasteiger partial charge in [0, 0.05) is 27.9 Å². The number of imide groups is 1. The van der Waals surface area contributed by atoms with Gasteiger partial charge in [-0.2, -0.15) is 10.4 Å². The van der Waals surface area contributed by atoms with Gasteiger partial charge in [0.2, 0.25) is 6.79 Å². The standard InChI is InChI=1S/C38H27ClN4O5/c1-24-32(37(44)42(38(45)33(24)19-40)20-26-9-16-34-35(17-26)48-23-47-34)18-28-21-43(30-5-3-2-4-6-30)41-36(28)27-10-14-31(15-11-27)46-22-25-7-12-29(39)13-8-25/h2-18,21H,20,22-23H2,1H3/b32-18+. The topological polar surface area (TPSA) is 107 Å². The lowest BCUT2D eigenvalue weighted by Crippen LogP contribution is -2.42. The number of hydrogen-bond acceptors (Lipinski definition) is 7. The molecule has 0 saturated carbocycles. The lowest BCUT2D eigenvalue weighted by Gasteiger charge is -2.27. The summed E-state index contributed by atoms with van der Waals surface area (Å²) in [5.41, 5.74) is 4.93. The van der Waals surface area contributed by atoms with Gasteiger partial charge in [-0.1, -0.05) is 48.0 Å². The zero-order chi connectivity index (χ0) is 33.2. The smallest absolute Gasteiger partial charge is 0.271 e. The van der Waals surface area contributed by atoms with Crippen molar-refractivity contribution in [3.63, 3.8) is 0 Å². The van der Waals surface area contributed by atoms with E-state index in [2.05, 4.69) is 0 Å². The van der Waals surface area contributed by atoms with E-state index in [0.29, 0.717) is 51.3 Å². The molecule has 0 aliphatic carbocycles.